The molecule has 1 aromatic carbocycles. The van der Waals surface area contributed by atoms with Crippen molar-refractivity contribution in [3.8, 4) is 0 Å². The van der Waals surface area contributed by atoms with E-state index in [0.29, 0.717) is 0 Å². The van der Waals surface area contributed by atoms with Gasteiger partial charge in [0.15, 0.2) is 0 Å². The van der Waals surface area contributed by atoms with Crippen molar-refractivity contribution in [1.82, 2.24) is 5.32 Å². The van der Waals surface area contributed by atoms with Crippen LogP contribution in [0.15, 0.2) is 24.3 Å². The second kappa shape index (κ2) is 10.8. The molecule has 0 bridgehead atoms. The molecule has 1 atom stereocenters. The van der Waals surface area contributed by atoms with Crippen molar-refractivity contribution < 1.29 is 0 Å². The fourth-order valence-corrected chi connectivity index (χ4v) is 3.84. The van der Waals surface area contributed by atoms with Crippen LogP contribution >= 0.6 is 0 Å². The van der Waals surface area contributed by atoms with Gasteiger partial charge in [-0.2, -0.15) is 0 Å². The Kier molecular flexibility index (Phi) is 9.47. The monoisotopic (exact) mass is 303 g/mol. The Labute approximate surface area is 138 Å². The van der Waals surface area contributed by atoms with Gasteiger partial charge in [0, 0.05) is 0 Å². The zero-order chi connectivity index (χ0) is 16.4. The van der Waals surface area contributed by atoms with Crippen LogP contribution in [-0.2, 0) is 0 Å². The first kappa shape index (κ1) is 19.2. The summed E-state index contributed by atoms with van der Waals surface area (Å²) in [5, 5.41) is 3.52. The predicted molar refractivity (Wildman–Crippen MR) is 99.6 cm³/mol. The summed E-state index contributed by atoms with van der Waals surface area (Å²) < 4.78 is 0. The van der Waals surface area contributed by atoms with Crippen LogP contribution in [-0.4, -0.2) is 13.1 Å². The van der Waals surface area contributed by atoms with Gasteiger partial charge in [0.05, 0.1) is 0 Å². The highest BCUT2D eigenvalue weighted by molar-refractivity contribution is 5.24. The summed E-state index contributed by atoms with van der Waals surface area (Å²) in [7, 11) is 0. The maximum absolute atomic E-state index is 3.52. The van der Waals surface area contributed by atoms with Gasteiger partial charge in [0.2, 0.25) is 0 Å². The molecule has 126 valence electrons. The molecule has 1 saturated carbocycles. The van der Waals surface area contributed by atoms with Gasteiger partial charge in [-0.3, -0.25) is 0 Å². The van der Waals surface area contributed by atoms with Crippen LogP contribution in [0.1, 0.15) is 76.8 Å². The second-order valence-electron chi connectivity index (χ2n) is 6.28. The highest BCUT2D eigenvalue weighted by Gasteiger charge is 2.29. The van der Waals surface area contributed by atoms with E-state index in [4.69, 9.17) is 0 Å². The summed E-state index contributed by atoms with van der Waals surface area (Å²) in [5.74, 6) is 2.81. The Balaban J connectivity index is 0.000000561. The molecule has 1 heterocycles. The topological polar surface area (TPSA) is 12.0 Å². The molecule has 22 heavy (non-hydrogen) atoms. The molecule has 1 heteroatoms. The number of hydrogen-bond acceptors (Lipinski definition) is 1. The molecular weight excluding hydrogens is 266 g/mol. The molecule has 1 aromatic rings. The highest BCUT2D eigenvalue weighted by Crippen LogP contribution is 2.40. The van der Waals surface area contributed by atoms with Gasteiger partial charge < -0.3 is 5.32 Å². The summed E-state index contributed by atoms with van der Waals surface area (Å²) in [4.78, 5) is 0. The van der Waals surface area contributed by atoms with Crippen molar-refractivity contribution in [2.75, 3.05) is 13.1 Å². The molecule has 1 nitrogen and oxygen atoms in total. The number of aryl methyl sites for hydroxylation is 1. The van der Waals surface area contributed by atoms with Crippen LogP contribution in [0, 0.1) is 18.8 Å². The zero-order valence-electron chi connectivity index (χ0n) is 15.5. The lowest BCUT2D eigenvalue weighted by Gasteiger charge is -2.32. The minimum Gasteiger partial charge on any atom is -0.316 e. The van der Waals surface area contributed by atoms with Crippen LogP contribution < -0.4 is 5.32 Å². The third-order valence-corrected chi connectivity index (χ3v) is 5.09. The Morgan fingerprint density at radius 1 is 0.773 bits per heavy atom. The van der Waals surface area contributed by atoms with Gasteiger partial charge in [-0.25, -0.2) is 0 Å². The van der Waals surface area contributed by atoms with E-state index >= 15 is 0 Å². The summed E-state index contributed by atoms with van der Waals surface area (Å²) >= 11 is 0. The molecular formula is C21H37N. The van der Waals surface area contributed by atoms with Crippen LogP contribution in [0.2, 0.25) is 0 Å². The lowest BCUT2D eigenvalue weighted by Crippen LogP contribution is -2.22. The average Bonchev–Trinajstić information content (AvgIpc) is 3.14. The molecule has 1 unspecified atom stereocenters. The van der Waals surface area contributed by atoms with Crippen molar-refractivity contribution in [3.63, 3.8) is 0 Å². The van der Waals surface area contributed by atoms with Crippen molar-refractivity contribution in [3.05, 3.63) is 35.4 Å². The molecule has 2 aliphatic rings. The van der Waals surface area contributed by atoms with E-state index in [1.807, 2.05) is 27.7 Å². The van der Waals surface area contributed by atoms with E-state index in [0.717, 1.165) is 17.8 Å². The molecule has 0 radical (unpaired) electrons. The predicted octanol–water partition coefficient (Wildman–Crippen LogP) is 5.93. The zero-order valence-corrected chi connectivity index (χ0v) is 15.5. The SMILES string of the molecule is CC.CC.Cc1ccc(C2CCC(C3CCNC3)CC2)cc1. The molecule has 1 N–H and O–H groups in total. The van der Waals surface area contributed by atoms with Gasteiger partial charge in [-0.15, -0.1) is 0 Å². The summed E-state index contributed by atoms with van der Waals surface area (Å²) in [6.45, 7) is 12.7. The summed E-state index contributed by atoms with van der Waals surface area (Å²) in [6, 6.07) is 9.22. The minimum absolute atomic E-state index is 0.830. The van der Waals surface area contributed by atoms with Crippen molar-refractivity contribution in [2.45, 2.75) is 72.6 Å². The molecule has 0 aromatic heterocycles. The third-order valence-electron chi connectivity index (χ3n) is 5.09. The molecule has 0 spiro atoms. The van der Waals surface area contributed by atoms with Gasteiger partial charge in [0.25, 0.3) is 0 Å². The third kappa shape index (κ3) is 5.43. The van der Waals surface area contributed by atoms with E-state index in [1.165, 1.54) is 50.8 Å². The number of benzene rings is 1. The first-order valence-electron chi connectivity index (χ1n) is 9.60. The number of hydrogen-bond donors (Lipinski definition) is 1. The smallest absolute Gasteiger partial charge is 0.00174 e. The highest BCUT2D eigenvalue weighted by atomic mass is 14.9. The van der Waals surface area contributed by atoms with Crippen LogP contribution in [0.4, 0.5) is 0 Å². The van der Waals surface area contributed by atoms with Gasteiger partial charge in [-0.05, 0) is 75.4 Å². The maximum atomic E-state index is 3.52. The molecule has 1 aliphatic heterocycles. The van der Waals surface area contributed by atoms with Crippen LogP contribution in [0.5, 0.6) is 0 Å². The maximum Gasteiger partial charge on any atom is -0.00174 e. The van der Waals surface area contributed by atoms with Gasteiger partial charge in [0.1, 0.15) is 0 Å². The quantitative estimate of drug-likeness (QED) is 0.714. The van der Waals surface area contributed by atoms with E-state index in [2.05, 4.69) is 36.5 Å². The number of rotatable bonds is 2. The summed E-state index contributed by atoms with van der Waals surface area (Å²) in [6.07, 6.45) is 7.13. The van der Waals surface area contributed by atoms with Crippen molar-refractivity contribution >= 4 is 0 Å². The van der Waals surface area contributed by atoms with Gasteiger partial charge in [-0.1, -0.05) is 57.5 Å². The largest absolute Gasteiger partial charge is 0.316 e. The molecule has 0 amide bonds. The molecule has 2 fully saturated rings. The lowest BCUT2D eigenvalue weighted by atomic mass is 9.73. The second-order valence-corrected chi connectivity index (χ2v) is 6.28. The minimum atomic E-state index is 0.830. The summed E-state index contributed by atoms with van der Waals surface area (Å²) in [5.41, 5.74) is 2.95. The van der Waals surface area contributed by atoms with Crippen LogP contribution in [0.3, 0.4) is 0 Å². The molecule has 1 saturated heterocycles. The first-order chi connectivity index (χ1) is 10.8. The molecule has 1 aliphatic carbocycles. The fourth-order valence-electron chi connectivity index (χ4n) is 3.84. The Morgan fingerprint density at radius 3 is 1.86 bits per heavy atom. The van der Waals surface area contributed by atoms with E-state index in [9.17, 15) is 0 Å². The normalized spacial score (nSPS) is 27.2. The lowest BCUT2D eigenvalue weighted by molar-refractivity contribution is 0.245. The Hall–Kier alpha value is -0.820. The van der Waals surface area contributed by atoms with E-state index in [1.54, 1.807) is 5.56 Å². The van der Waals surface area contributed by atoms with E-state index in [-0.39, 0.29) is 0 Å². The molecule has 3 rings (SSSR count). The van der Waals surface area contributed by atoms with E-state index < -0.39 is 0 Å². The Morgan fingerprint density at radius 2 is 1.36 bits per heavy atom. The van der Waals surface area contributed by atoms with Gasteiger partial charge >= 0.3 is 0 Å². The Bertz CT molecular complexity index is 367. The van der Waals surface area contributed by atoms with Crippen LogP contribution in [0.25, 0.3) is 0 Å². The first-order valence-corrected chi connectivity index (χ1v) is 9.60. The average molecular weight is 304 g/mol. The standard InChI is InChI=1S/C17H25N.2C2H6/c1-13-2-4-14(5-3-13)15-6-8-16(9-7-15)17-10-11-18-12-17;2*1-2/h2-5,15-18H,6-12H2,1H3;2*1-2H3. The van der Waals surface area contributed by atoms with Crippen molar-refractivity contribution in [1.29, 1.82) is 0 Å². The van der Waals surface area contributed by atoms with Crippen molar-refractivity contribution in [2.24, 2.45) is 11.8 Å². The number of nitrogens with one attached hydrogen (secondary N) is 1. The fraction of sp³-hybridized carbons (Fsp3) is 0.714.